The molecule has 2 aliphatic heterocycles. The first-order chi connectivity index (χ1) is 14.6. The molecule has 1 atom stereocenters. The van der Waals surface area contributed by atoms with Crippen LogP contribution in [0.25, 0.3) is 0 Å². The number of benzene rings is 2. The number of carbonyl (C=O) groups is 2. The van der Waals surface area contributed by atoms with Crippen molar-refractivity contribution in [2.24, 2.45) is 0 Å². The minimum Gasteiger partial charge on any atom is -0.374 e. The standard InChI is InChI=1S/C25H28ClN3O2/c1-6-22(30)29-13-12-25(15-29,19-8-7-9-21(26)16(19)2)27-17-10-11-20-18(14-17)23(31)28(5)24(20,3)4/h6-11,14,27H,1,12-13,15H2,2-5H3. The molecule has 0 radical (unpaired) electrons. The van der Waals surface area contributed by atoms with Gasteiger partial charge in [0.15, 0.2) is 0 Å². The summed E-state index contributed by atoms with van der Waals surface area (Å²) in [5.74, 6) is -0.0672. The first-order valence-electron chi connectivity index (χ1n) is 10.5. The molecule has 2 amide bonds. The van der Waals surface area contributed by atoms with E-state index in [0.717, 1.165) is 28.8 Å². The molecule has 6 heteroatoms. The van der Waals surface area contributed by atoms with E-state index in [2.05, 4.69) is 31.8 Å². The highest BCUT2D eigenvalue weighted by molar-refractivity contribution is 6.31. The lowest BCUT2D eigenvalue weighted by Gasteiger charge is -2.34. The fourth-order valence-electron chi connectivity index (χ4n) is 4.87. The maximum atomic E-state index is 12.8. The molecule has 2 aromatic rings. The van der Waals surface area contributed by atoms with Gasteiger partial charge in [-0.25, -0.2) is 0 Å². The second kappa shape index (κ2) is 7.41. The quantitative estimate of drug-likeness (QED) is 0.705. The van der Waals surface area contributed by atoms with Crippen molar-refractivity contribution in [3.63, 3.8) is 0 Å². The van der Waals surface area contributed by atoms with Gasteiger partial charge in [-0.15, -0.1) is 0 Å². The Morgan fingerprint density at radius 2 is 1.97 bits per heavy atom. The van der Waals surface area contributed by atoms with Crippen LogP contribution in [0.15, 0.2) is 49.1 Å². The Bertz CT molecular complexity index is 1090. The maximum Gasteiger partial charge on any atom is 0.254 e. The molecule has 1 saturated heterocycles. The summed E-state index contributed by atoms with van der Waals surface area (Å²) in [6, 6.07) is 11.9. The van der Waals surface area contributed by atoms with Gasteiger partial charge < -0.3 is 15.1 Å². The summed E-state index contributed by atoms with van der Waals surface area (Å²) in [6.45, 7) is 10.9. The predicted octanol–water partition coefficient (Wildman–Crippen LogP) is 4.69. The van der Waals surface area contributed by atoms with Crippen LogP contribution in [0.3, 0.4) is 0 Å². The van der Waals surface area contributed by atoms with Gasteiger partial charge >= 0.3 is 0 Å². The zero-order chi connectivity index (χ0) is 22.6. The Balaban J connectivity index is 1.77. The van der Waals surface area contributed by atoms with Crippen LogP contribution in [-0.2, 0) is 15.9 Å². The molecule has 4 rings (SSSR count). The lowest BCUT2D eigenvalue weighted by atomic mass is 9.85. The van der Waals surface area contributed by atoms with Crippen molar-refractivity contribution in [3.8, 4) is 0 Å². The number of nitrogens with zero attached hydrogens (tertiary/aromatic N) is 2. The van der Waals surface area contributed by atoms with Crippen LogP contribution in [0, 0.1) is 6.92 Å². The van der Waals surface area contributed by atoms with Crippen LogP contribution in [0.5, 0.6) is 0 Å². The molecular weight excluding hydrogens is 410 g/mol. The number of hydrogen-bond donors (Lipinski definition) is 1. The molecule has 31 heavy (non-hydrogen) atoms. The predicted molar refractivity (Wildman–Crippen MR) is 124 cm³/mol. The second-order valence-electron chi connectivity index (χ2n) is 9.02. The topological polar surface area (TPSA) is 52.7 Å². The fourth-order valence-corrected chi connectivity index (χ4v) is 5.04. The molecule has 2 aromatic carbocycles. The van der Waals surface area contributed by atoms with Gasteiger partial charge in [0.1, 0.15) is 0 Å². The largest absolute Gasteiger partial charge is 0.374 e. The van der Waals surface area contributed by atoms with Gasteiger partial charge in [-0.2, -0.15) is 0 Å². The molecule has 0 saturated carbocycles. The molecule has 0 aromatic heterocycles. The lowest BCUT2D eigenvalue weighted by Crippen LogP contribution is -2.40. The molecule has 1 unspecified atom stereocenters. The van der Waals surface area contributed by atoms with E-state index in [9.17, 15) is 9.59 Å². The number of fused-ring (bicyclic) bond motifs is 1. The molecule has 2 aliphatic rings. The molecular formula is C25H28ClN3O2. The van der Waals surface area contributed by atoms with Gasteiger partial charge in [0.25, 0.3) is 5.91 Å². The first kappa shape index (κ1) is 21.4. The Morgan fingerprint density at radius 1 is 1.23 bits per heavy atom. The Hall–Kier alpha value is -2.79. The van der Waals surface area contributed by atoms with Gasteiger partial charge in [-0.3, -0.25) is 9.59 Å². The van der Waals surface area contributed by atoms with Crippen molar-refractivity contribution in [3.05, 3.63) is 76.3 Å². The minimum atomic E-state index is -0.509. The summed E-state index contributed by atoms with van der Waals surface area (Å²) in [5, 5.41) is 4.38. The second-order valence-corrected chi connectivity index (χ2v) is 9.42. The first-order valence-corrected chi connectivity index (χ1v) is 10.9. The molecule has 162 valence electrons. The maximum absolute atomic E-state index is 12.8. The van der Waals surface area contributed by atoms with Crippen LogP contribution in [0.4, 0.5) is 5.69 Å². The number of hydrogen-bond acceptors (Lipinski definition) is 3. The third kappa shape index (κ3) is 3.32. The highest BCUT2D eigenvalue weighted by Crippen LogP contribution is 2.42. The number of carbonyl (C=O) groups excluding carboxylic acids is 2. The van der Waals surface area contributed by atoms with Crippen molar-refractivity contribution >= 4 is 29.1 Å². The van der Waals surface area contributed by atoms with Crippen molar-refractivity contribution in [2.75, 3.05) is 25.5 Å². The number of halogens is 1. The molecule has 5 nitrogen and oxygen atoms in total. The van der Waals surface area contributed by atoms with Gasteiger partial charge in [-0.05, 0) is 68.2 Å². The SMILES string of the molecule is C=CC(=O)N1CCC(Nc2ccc3c(c2)C(=O)N(C)C3(C)C)(c2cccc(Cl)c2C)C1. The van der Waals surface area contributed by atoms with Crippen molar-refractivity contribution in [2.45, 2.75) is 38.3 Å². The van der Waals surface area contributed by atoms with E-state index in [-0.39, 0.29) is 17.4 Å². The van der Waals surface area contributed by atoms with Gasteiger partial charge in [0.05, 0.1) is 11.1 Å². The molecule has 1 fully saturated rings. The van der Waals surface area contributed by atoms with Gasteiger partial charge in [0.2, 0.25) is 5.91 Å². The van der Waals surface area contributed by atoms with Crippen LogP contribution < -0.4 is 5.32 Å². The third-order valence-electron chi connectivity index (χ3n) is 6.97. The van der Waals surface area contributed by atoms with E-state index in [1.54, 1.807) is 9.80 Å². The zero-order valence-electron chi connectivity index (χ0n) is 18.5. The summed E-state index contributed by atoms with van der Waals surface area (Å²) in [6.07, 6.45) is 2.08. The van der Waals surface area contributed by atoms with Crippen LogP contribution in [0.1, 0.15) is 47.3 Å². The van der Waals surface area contributed by atoms with Gasteiger partial charge in [-0.1, -0.05) is 36.4 Å². The highest BCUT2D eigenvalue weighted by atomic mass is 35.5. The molecule has 0 aliphatic carbocycles. The number of nitrogens with one attached hydrogen (secondary N) is 1. The third-order valence-corrected chi connectivity index (χ3v) is 7.38. The molecule has 0 bridgehead atoms. The summed E-state index contributed by atoms with van der Waals surface area (Å²) in [7, 11) is 1.84. The van der Waals surface area contributed by atoms with Crippen LogP contribution in [0.2, 0.25) is 5.02 Å². The van der Waals surface area contributed by atoms with E-state index in [0.29, 0.717) is 23.7 Å². The Labute approximate surface area is 188 Å². The number of amides is 2. The van der Waals surface area contributed by atoms with E-state index in [1.807, 2.05) is 44.3 Å². The number of likely N-dealkylation sites (tertiary alicyclic amines) is 1. The normalized spacial score (nSPS) is 21.9. The fraction of sp³-hybridized carbons (Fsp3) is 0.360. The van der Waals surface area contributed by atoms with Crippen molar-refractivity contribution in [1.82, 2.24) is 9.80 Å². The molecule has 1 N–H and O–H groups in total. The number of rotatable bonds is 4. The van der Waals surface area contributed by atoms with Gasteiger partial charge in [0, 0.05) is 36.4 Å². The Morgan fingerprint density at radius 3 is 2.68 bits per heavy atom. The Kier molecular flexibility index (Phi) is 5.13. The van der Waals surface area contributed by atoms with Crippen LogP contribution in [-0.4, -0.2) is 41.8 Å². The van der Waals surface area contributed by atoms with Crippen molar-refractivity contribution < 1.29 is 9.59 Å². The minimum absolute atomic E-state index is 0.0199. The molecule has 2 heterocycles. The average Bonchev–Trinajstić information content (AvgIpc) is 3.24. The van der Waals surface area contributed by atoms with Crippen LogP contribution >= 0.6 is 11.6 Å². The monoisotopic (exact) mass is 437 g/mol. The van der Waals surface area contributed by atoms with E-state index >= 15 is 0 Å². The summed E-state index contributed by atoms with van der Waals surface area (Å²) < 4.78 is 0. The van der Waals surface area contributed by atoms with E-state index in [1.165, 1.54) is 6.08 Å². The number of anilines is 1. The molecule has 0 spiro atoms. The van der Waals surface area contributed by atoms with E-state index < -0.39 is 5.54 Å². The smallest absolute Gasteiger partial charge is 0.254 e. The summed E-state index contributed by atoms with van der Waals surface area (Å²) in [4.78, 5) is 28.8. The zero-order valence-corrected chi connectivity index (χ0v) is 19.2. The van der Waals surface area contributed by atoms with E-state index in [4.69, 9.17) is 11.6 Å². The lowest BCUT2D eigenvalue weighted by molar-refractivity contribution is -0.125. The average molecular weight is 438 g/mol. The summed E-state index contributed by atoms with van der Waals surface area (Å²) in [5.41, 5.74) is 3.79. The highest BCUT2D eigenvalue weighted by Gasteiger charge is 2.44. The summed E-state index contributed by atoms with van der Waals surface area (Å²) >= 11 is 6.45. The van der Waals surface area contributed by atoms with Crippen molar-refractivity contribution in [1.29, 1.82) is 0 Å².